The Labute approximate surface area is 104 Å². The standard InChI is InChI=1S/C13H10ClN3/c1-9-2-4-10(5-3-9)12-8-17-7-11(14)6-15-13(17)16-12/h2-8H,1H3. The van der Waals surface area contributed by atoms with Gasteiger partial charge in [0.1, 0.15) is 0 Å². The highest BCUT2D eigenvalue weighted by Gasteiger charge is 2.05. The molecule has 3 rings (SSSR count). The lowest BCUT2D eigenvalue weighted by Crippen LogP contribution is -1.85. The van der Waals surface area contributed by atoms with Crippen LogP contribution in [-0.4, -0.2) is 14.4 Å². The number of aromatic nitrogens is 3. The van der Waals surface area contributed by atoms with Crippen LogP contribution in [-0.2, 0) is 0 Å². The van der Waals surface area contributed by atoms with Crippen molar-refractivity contribution in [1.29, 1.82) is 0 Å². The van der Waals surface area contributed by atoms with Gasteiger partial charge in [0.2, 0.25) is 5.78 Å². The minimum Gasteiger partial charge on any atom is -0.289 e. The molecule has 1 aromatic carbocycles. The van der Waals surface area contributed by atoms with Crippen molar-refractivity contribution in [2.75, 3.05) is 0 Å². The van der Waals surface area contributed by atoms with Gasteiger partial charge in [-0.3, -0.25) is 4.40 Å². The van der Waals surface area contributed by atoms with Gasteiger partial charge < -0.3 is 0 Å². The van der Waals surface area contributed by atoms with E-state index in [1.54, 1.807) is 12.4 Å². The molecule has 0 fully saturated rings. The molecule has 0 spiro atoms. The number of rotatable bonds is 1. The van der Waals surface area contributed by atoms with E-state index in [0.29, 0.717) is 10.8 Å². The minimum absolute atomic E-state index is 0.602. The Balaban J connectivity index is 2.14. The highest BCUT2D eigenvalue weighted by atomic mass is 35.5. The molecule has 0 saturated heterocycles. The van der Waals surface area contributed by atoms with Crippen LogP contribution in [0.1, 0.15) is 5.56 Å². The van der Waals surface area contributed by atoms with Gasteiger partial charge in [-0.15, -0.1) is 0 Å². The van der Waals surface area contributed by atoms with Crippen LogP contribution in [0.4, 0.5) is 0 Å². The van der Waals surface area contributed by atoms with Crippen molar-refractivity contribution in [3.63, 3.8) is 0 Å². The van der Waals surface area contributed by atoms with Crippen LogP contribution in [0.25, 0.3) is 17.0 Å². The van der Waals surface area contributed by atoms with Crippen molar-refractivity contribution >= 4 is 17.4 Å². The Hall–Kier alpha value is -1.87. The van der Waals surface area contributed by atoms with Crippen LogP contribution in [0, 0.1) is 6.92 Å². The molecular weight excluding hydrogens is 234 g/mol. The largest absolute Gasteiger partial charge is 0.289 e. The summed E-state index contributed by atoms with van der Waals surface area (Å²) in [5.41, 5.74) is 3.22. The molecule has 84 valence electrons. The van der Waals surface area contributed by atoms with E-state index in [2.05, 4.69) is 41.2 Å². The van der Waals surface area contributed by atoms with E-state index in [9.17, 15) is 0 Å². The first kappa shape index (κ1) is 10.3. The third-order valence-corrected chi connectivity index (χ3v) is 2.82. The molecule has 2 heterocycles. The lowest BCUT2D eigenvalue weighted by atomic mass is 10.1. The summed E-state index contributed by atoms with van der Waals surface area (Å²) in [5, 5.41) is 0.602. The quantitative estimate of drug-likeness (QED) is 0.656. The fourth-order valence-electron chi connectivity index (χ4n) is 1.72. The second-order valence-electron chi connectivity index (χ2n) is 3.97. The van der Waals surface area contributed by atoms with Crippen LogP contribution < -0.4 is 0 Å². The van der Waals surface area contributed by atoms with Crippen molar-refractivity contribution in [2.24, 2.45) is 0 Å². The average molecular weight is 244 g/mol. The van der Waals surface area contributed by atoms with Crippen LogP contribution in [0.2, 0.25) is 5.02 Å². The first-order valence-corrected chi connectivity index (χ1v) is 5.67. The molecule has 3 nitrogen and oxygen atoms in total. The maximum Gasteiger partial charge on any atom is 0.234 e. The van der Waals surface area contributed by atoms with E-state index >= 15 is 0 Å². The van der Waals surface area contributed by atoms with Crippen molar-refractivity contribution in [2.45, 2.75) is 6.92 Å². The SMILES string of the molecule is Cc1ccc(-c2cn3cc(Cl)cnc3n2)cc1. The third kappa shape index (κ3) is 1.89. The van der Waals surface area contributed by atoms with Crippen molar-refractivity contribution < 1.29 is 0 Å². The van der Waals surface area contributed by atoms with Gasteiger partial charge in [-0.1, -0.05) is 41.4 Å². The maximum atomic E-state index is 5.88. The molecule has 17 heavy (non-hydrogen) atoms. The van der Waals surface area contributed by atoms with Crippen molar-refractivity contribution in [3.05, 3.63) is 53.4 Å². The molecule has 0 radical (unpaired) electrons. The van der Waals surface area contributed by atoms with Gasteiger partial charge in [-0.25, -0.2) is 9.97 Å². The summed E-state index contributed by atoms with van der Waals surface area (Å²) in [4.78, 5) is 8.61. The average Bonchev–Trinajstić information content (AvgIpc) is 2.72. The molecular formula is C13H10ClN3. The number of nitrogens with zero attached hydrogens (tertiary/aromatic N) is 3. The van der Waals surface area contributed by atoms with Crippen LogP contribution in [0.15, 0.2) is 42.9 Å². The van der Waals surface area contributed by atoms with Crippen molar-refractivity contribution in [1.82, 2.24) is 14.4 Å². The third-order valence-electron chi connectivity index (χ3n) is 2.63. The fourth-order valence-corrected chi connectivity index (χ4v) is 1.88. The maximum absolute atomic E-state index is 5.88. The second-order valence-corrected chi connectivity index (χ2v) is 4.41. The molecule has 0 unspecified atom stereocenters. The molecule has 2 aromatic heterocycles. The molecule has 3 aromatic rings. The summed E-state index contributed by atoms with van der Waals surface area (Å²) < 4.78 is 1.83. The number of aryl methyl sites for hydroxylation is 1. The van der Waals surface area contributed by atoms with E-state index in [4.69, 9.17) is 11.6 Å². The summed E-state index contributed by atoms with van der Waals surface area (Å²) in [6.45, 7) is 2.06. The Morgan fingerprint density at radius 3 is 2.65 bits per heavy atom. The van der Waals surface area contributed by atoms with E-state index in [0.717, 1.165) is 11.3 Å². The molecule has 0 atom stereocenters. The molecule has 0 aliphatic heterocycles. The summed E-state index contributed by atoms with van der Waals surface area (Å²) in [7, 11) is 0. The zero-order valence-corrected chi connectivity index (χ0v) is 10.0. The number of imidazole rings is 1. The zero-order valence-electron chi connectivity index (χ0n) is 9.26. The highest BCUT2D eigenvalue weighted by Crippen LogP contribution is 2.19. The van der Waals surface area contributed by atoms with Crippen LogP contribution in [0.3, 0.4) is 0 Å². The predicted molar refractivity (Wildman–Crippen MR) is 68.2 cm³/mol. The number of hydrogen-bond acceptors (Lipinski definition) is 2. The summed E-state index contributed by atoms with van der Waals surface area (Å²) in [6, 6.07) is 8.25. The molecule has 4 heteroatoms. The molecule has 0 N–H and O–H groups in total. The normalized spacial score (nSPS) is 10.9. The zero-order chi connectivity index (χ0) is 11.8. The van der Waals surface area contributed by atoms with E-state index in [-0.39, 0.29) is 0 Å². The van der Waals surface area contributed by atoms with Gasteiger partial charge in [-0.2, -0.15) is 0 Å². The highest BCUT2D eigenvalue weighted by molar-refractivity contribution is 6.30. The number of fused-ring (bicyclic) bond motifs is 1. The van der Waals surface area contributed by atoms with Gasteiger partial charge in [-0.05, 0) is 6.92 Å². The Morgan fingerprint density at radius 2 is 1.88 bits per heavy atom. The number of hydrogen-bond donors (Lipinski definition) is 0. The minimum atomic E-state index is 0.602. The van der Waals surface area contributed by atoms with E-state index in [1.807, 2.05) is 10.6 Å². The molecule has 0 bridgehead atoms. The summed E-state index contributed by atoms with van der Waals surface area (Å²) >= 11 is 5.88. The number of benzene rings is 1. The lowest BCUT2D eigenvalue weighted by molar-refractivity contribution is 1.11. The van der Waals surface area contributed by atoms with Gasteiger partial charge >= 0.3 is 0 Å². The van der Waals surface area contributed by atoms with Gasteiger partial charge in [0.25, 0.3) is 0 Å². The second kappa shape index (κ2) is 3.86. The molecule has 0 saturated carbocycles. The predicted octanol–water partition coefficient (Wildman–Crippen LogP) is 3.36. The first-order valence-electron chi connectivity index (χ1n) is 5.30. The lowest BCUT2D eigenvalue weighted by Gasteiger charge is -1.95. The van der Waals surface area contributed by atoms with Crippen molar-refractivity contribution in [3.8, 4) is 11.3 Å². The van der Waals surface area contributed by atoms with Gasteiger partial charge in [0.15, 0.2) is 0 Å². The topological polar surface area (TPSA) is 30.2 Å². The smallest absolute Gasteiger partial charge is 0.234 e. The monoisotopic (exact) mass is 243 g/mol. The fraction of sp³-hybridized carbons (Fsp3) is 0.0769. The number of halogens is 1. The molecule has 0 amide bonds. The summed E-state index contributed by atoms with van der Waals surface area (Å²) in [6.07, 6.45) is 5.33. The van der Waals surface area contributed by atoms with Crippen LogP contribution in [0.5, 0.6) is 0 Å². The van der Waals surface area contributed by atoms with Crippen LogP contribution >= 0.6 is 11.6 Å². The van der Waals surface area contributed by atoms with Gasteiger partial charge in [0, 0.05) is 18.0 Å². The Bertz CT molecular complexity index is 671. The Kier molecular flexibility index (Phi) is 2.34. The Morgan fingerprint density at radius 1 is 1.12 bits per heavy atom. The first-order chi connectivity index (χ1) is 8.22. The van der Waals surface area contributed by atoms with E-state index in [1.165, 1.54) is 5.56 Å². The molecule has 0 aliphatic rings. The molecule has 0 aliphatic carbocycles. The van der Waals surface area contributed by atoms with Gasteiger partial charge in [0.05, 0.1) is 16.9 Å². The summed E-state index contributed by atoms with van der Waals surface area (Å²) in [5.74, 6) is 0.657. The van der Waals surface area contributed by atoms with E-state index < -0.39 is 0 Å².